The predicted molar refractivity (Wildman–Crippen MR) is 79.8 cm³/mol. The molecule has 19 heavy (non-hydrogen) atoms. The third-order valence-corrected chi connectivity index (χ3v) is 4.16. The average molecular weight is 322 g/mol. The van der Waals surface area contributed by atoms with E-state index in [0.29, 0.717) is 0 Å². The van der Waals surface area contributed by atoms with E-state index in [1.54, 1.807) is 7.11 Å². The zero-order chi connectivity index (χ0) is 13.4. The van der Waals surface area contributed by atoms with Gasteiger partial charge < -0.3 is 14.6 Å². The Balaban J connectivity index is 2.17. The first-order valence-electron chi connectivity index (χ1n) is 6.35. The number of hydrogen-bond donors (Lipinski definition) is 1. The first-order chi connectivity index (χ1) is 9.20. The summed E-state index contributed by atoms with van der Waals surface area (Å²) < 4.78 is 8.63. The van der Waals surface area contributed by atoms with Gasteiger partial charge in [0.2, 0.25) is 5.95 Å². The number of hydrogen-bond acceptors (Lipinski definition) is 3. The van der Waals surface area contributed by atoms with Crippen LogP contribution in [0.4, 0.5) is 5.95 Å². The molecule has 0 aliphatic carbocycles. The van der Waals surface area contributed by atoms with E-state index >= 15 is 0 Å². The number of nitrogens with one attached hydrogen (secondary N) is 1. The lowest BCUT2D eigenvalue weighted by atomic mass is 10.1. The lowest BCUT2D eigenvalue weighted by Crippen LogP contribution is -2.17. The minimum absolute atomic E-state index is 0.849. The summed E-state index contributed by atoms with van der Waals surface area (Å²) in [5.41, 5.74) is 3.16. The van der Waals surface area contributed by atoms with Crippen LogP contribution in [0.2, 0.25) is 0 Å². The number of ether oxygens (including phenoxy) is 1. The van der Waals surface area contributed by atoms with Crippen LogP contribution in [0.15, 0.2) is 22.8 Å². The van der Waals surface area contributed by atoms with Gasteiger partial charge in [0.05, 0.1) is 7.11 Å². The lowest BCUT2D eigenvalue weighted by molar-refractivity contribution is 0.416. The second-order valence-corrected chi connectivity index (χ2v) is 5.46. The quantitative estimate of drug-likeness (QED) is 0.920. The van der Waals surface area contributed by atoms with E-state index in [1.165, 1.54) is 5.56 Å². The minimum Gasteiger partial charge on any atom is -0.496 e. The fraction of sp³-hybridized carbons (Fsp3) is 0.357. The smallest absolute Gasteiger partial charge is 0.204 e. The Labute approximate surface area is 120 Å². The first kappa shape index (κ1) is 12.5. The minimum atomic E-state index is 0.849. The second-order valence-electron chi connectivity index (χ2n) is 4.71. The van der Waals surface area contributed by atoms with Crippen molar-refractivity contribution >= 4 is 21.9 Å². The molecule has 3 rings (SSSR count). The maximum Gasteiger partial charge on any atom is 0.204 e. The number of imidazole rings is 1. The molecule has 1 aromatic heterocycles. The summed E-state index contributed by atoms with van der Waals surface area (Å²) >= 11 is 3.67. The Morgan fingerprint density at radius 1 is 1.42 bits per heavy atom. The molecule has 1 aliphatic heterocycles. The molecule has 0 radical (unpaired) electrons. The van der Waals surface area contributed by atoms with Crippen LogP contribution in [0, 0.1) is 6.92 Å². The van der Waals surface area contributed by atoms with Crippen LogP contribution in [0.25, 0.3) is 11.3 Å². The average Bonchev–Trinajstić information content (AvgIpc) is 2.76. The molecule has 0 fully saturated rings. The van der Waals surface area contributed by atoms with Crippen molar-refractivity contribution in [3.05, 3.63) is 28.4 Å². The van der Waals surface area contributed by atoms with E-state index in [-0.39, 0.29) is 0 Å². The highest BCUT2D eigenvalue weighted by atomic mass is 79.9. The number of aryl methyl sites for hydroxylation is 1. The highest BCUT2D eigenvalue weighted by Gasteiger charge is 2.21. The van der Waals surface area contributed by atoms with Crippen molar-refractivity contribution in [2.45, 2.75) is 19.9 Å². The molecule has 4 nitrogen and oxygen atoms in total. The summed E-state index contributed by atoms with van der Waals surface area (Å²) in [5, 5.41) is 3.33. The molecule has 0 amide bonds. The van der Waals surface area contributed by atoms with Crippen molar-refractivity contribution in [3.63, 3.8) is 0 Å². The highest BCUT2D eigenvalue weighted by molar-refractivity contribution is 9.10. The van der Waals surface area contributed by atoms with Gasteiger partial charge in [0.1, 0.15) is 16.0 Å². The Kier molecular flexibility index (Phi) is 3.22. The molecule has 0 saturated heterocycles. The maximum atomic E-state index is 5.45. The summed E-state index contributed by atoms with van der Waals surface area (Å²) in [5.74, 6) is 1.78. The third kappa shape index (κ3) is 2.12. The standard InChI is InChI=1S/C14H16BrN3O/c1-9-4-5-11(19-2)10(8-9)12-13(15)18-7-3-6-16-14(18)17-12/h4-5,8H,3,6-7H2,1-2H3,(H,16,17). The molecule has 0 atom stereocenters. The largest absolute Gasteiger partial charge is 0.496 e. The van der Waals surface area contributed by atoms with Gasteiger partial charge >= 0.3 is 0 Å². The van der Waals surface area contributed by atoms with Gasteiger partial charge in [-0.25, -0.2) is 4.98 Å². The van der Waals surface area contributed by atoms with Crippen LogP contribution >= 0.6 is 15.9 Å². The molecular formula is C14H16BrN3O. The van der Waals surface area contributed by atoms with Gasteiger partial charge in [0.25, 0.3) is 0 Å². The molecule has 2 heterocycles. The van der Waals surface area contributed by atoms with Crippen LogP contribution in [-0.4, -0.2) is 23.2 Å². The van der Waals surface area contributed by atoms with E-state index in [9.17, 15) is 0 Å². The zero-order valence-corrected chi connectivity index (χ0v) is 12.6. The molecule has 1 N–H and O–H groups in total. The summed E-state index contributed by atoms with van der Waals surface area (Å²) in [6.45, 7) is 4.04. The molecule has 1 aromatic carbocycles. The number of halogens is 1. The Morgan fingerprint density at radius 3 is 3.00 bits per heavy atom. The van der Waals surface area contributed by atoms with Gasteiger partial charge in [-0.15, -0.1) is 0 Å². The molecule has 1 aliphatic rings. The highest BCUT2D eigenvalue weighted by Crippen LogP contribution is 2.37. The number of rotatable bonds is 2. The Bertz CT molecular complexity index is 621. The Hall–Kier alpha value is -1.49. The molecular weight excluding hydrogens is 306 g/mol. The van der Waals surface area contributed by atoms with Gasteiger partial charge in [-0.1, -0.05) is 11.6 Å². The van der Waals surface area contributed by atoms with E-state index < -0.39 is 0 Å². The summed E-state index contributed by atoms with van der Waals surface area (Å²) in [4.78, 5) is 4.70. The lowest BCUT2D eigenvalue weighted by Gasteiger charge is -2.15. The van der Waals surface area contributed by atoms with E-state index in [4.69, 9.17) is 9.72 Å². The normalized spacial score (nSPS) is 13.8. The predicted octanol–water partition coefficient (Wildman–Crippen LogP) is 3.45. The van der Waals surface area contributed by atoms with Crippen LogP contribution in [0.5, 0.6) is 5.75 Å². The SMILES string of the molecule is COc1ccc(C)cc1-c1nc2n(c1Br)CCCN2. The first-order valence-corrected chi connectivity index (χ1v) is 7.15. The van der Waals surface area contributed by atoms with Crippen molar-refractivity contribution in [2.24, 2.45) is 0 Å². The van der Waals surface area contributed by atoms with Gasteiger partial charge in [0.15, 0.2) is 0 Å². The fourth-order valence-electron chi connectivity index (χ4n) is 2.39. The molecule has 0 saturated carbocycles. The van der Waals surface area contributed by atoms with Gasteiger partial charge in [0, 0.05) is 18.7 Å². The molecule has 100 valence electrons. The number of aromatic nitrogens is 2. The monoisotopic (exact) mass is 321 g/mol. The van der Waals surface area contributed by atoms with Crippen molar-refractivity contribution < 1.29 is 4.74 Å². The maximum absolute atomic E-state index is 5.45. The topological polar surface area (TPSA) is 39.1 Å². The van der Waals surface area contributed by atoms with Crippen LogP contribution in [0.3, 0.4) is 0 Å². The summed E-state index contributed by atoms with van der Waals surface area (Å²) in [6.07, 6.45) is 1.12. The zero-order valence-electron chi connectivity index (χ0n) is 11.0. The van der Waals surface area contributed by atoms with Crippen molar-refractivity contribution in [3.8, 4) is 17.0 Å². The van der Waals surface area contributed by atoms with Gasteiger partial charge in [-0.2, -0.15) is 0 Å². The van der Waals surface area contributed by atoms with E-state index in [1.807, 2.05) is 12.1 Å². The fourth-order valence-corrected chi connectivity index (χ4v) is 3.04. The molecule has 0 unspecified atom stereocenters. The van der Waals surface area contributed by atoms with Crippen molar-refractivity contribution in [2.75, 3.05) is 19.0 Å². The van der Waals surface area contributed by atoms with Crippen LogP contribution in [0.1, 0.15) is 12.0 Å². The summed E-state index contributed by atoms with van der Waals surface area (Å²) in [6, 6.07) is 6.14. The molecule has 5 heteroatoms. The second kappa shape index (κ2) is 4.89. The van der Waals surface area contributed by atoms with E-state index in [2.05, 4.69) is 38.8 Å². The van der Waals surface area contributed by atoms with E-state index in [0.717, 1.165) is 47.1 Å². The summed E-state index contributed by atoms with van der Waals surface area (Å²) in [7, 11) is 1.69. The molecule has 2 aromatic rings. The molecule has 0 bridgehead atoms. The molecule has 0 spiro atoms. The van der Waals surface area contributed by atoms with Crippen molar-refractivity contribution in [1.82, 2.24) is 9.55 Å². The van der Waals surface area contributed by atoms with Gasteiger partial charge in [-0.3, -0.25) is 0 Å². The number of fused-ring (bicyclic) bond motifs is 1. The number of anilines is 1. The van der Waals surface area contributed by atoms with Crippen molar-refractivity contribution in [1.29, 1.82) is 0 Å². The van der Waals surface area contributed by atoms with Crippen LogP contribution < -0.4 is 10.1 Å². The Morgan fingerprint density at radius 2 is 2.26 bits per heavy atom. The van der Waals surface area contributed by atoms with Crippen LogP contribution in [-0.2, 0) is 6.54 Å². The number of benzene rings is 1. The number of nitrogens with zero attached hydrogens (tertiary/aromatic N) is 2. The van der Waals surface area contributed by atoms with Gasteiger partial charge in [-0.05, 0) is 41.4 Å². The number of methoxy groups -OCH3 is 1. The third-order valence-electron chi connectivity index (χ3n) is 3.36.